The van der Waals surface area contributed by atoms with Gasteiger partial charge in [0.15, 0.2) is 0 Å². The van der Waals surface area contributed by atoms with Crippen LogP contribution in [0.2, 0.25) is 0 Å². The minimum atomic E-state index is 0.323. The fourth-order valence-corrected chi connectivity index (χ4v) is 2.00. The smallest absolute Gasteiger partial charge is 0.0813 e. The molecule has 90 valence electrons. The van der Waals surface area contributed by atoms with Crippen LogP contribution in [0.15, 0.2) is 5.18 Å². The zero-order chi connectivity index (χ0) is 12.1. The Balaban J connectivity index is 4.29. The maximum atomic E-state index is 10.1. The summed E-state index contributed by atoms with van der Waals surface area (Å²) in [6, 6.07) is 0. The zero-order valence-corrected chi connectivity index (χ0v) is 11.3. The van der Waals surface area contributed by atoms with Crippen molar-refractivity contribution >= 4 is 0 Å². The summed E-state index contributed by atoms with van der Waals surface area (Å²) in [4.78, 5) is 10.1. The van der Waals surface area contributed by atoms with Gasteiger partial charge >= 0.3 is 0 Å². The monoisotopic (exact) mass is 213 g/mol. The van der Waals surface area contributed by atoms with Crippen LogP contribution >= 0.6 is 0 Å². The number of rotatable bonds is 7. The van der Waals surface area contributed by atoms with Gasteiger partial charge in [-0.05, 0) is 29.6 Å². The lowest BCUT2D eigenvalue weighted by atomic mass is 9.63. The van der Waals surface area contributed by atoms with Crippen LogP contribution in [-0.4, -0.2) is 6.54 Å². The minimum absolute atomic E-state index is 0.323. The van der Waals surface area contributed by atoms with Crippen LogP contribution < -0.4 is 0 Å². The molecular weight excluding hydrogens is 186 g/mol. The Bertz CT molecular complexity index is 197. The molecular formula is C13H27NO. The van der Waals surface area contributed by atoms with E-state index in [1.165, 1.54) is 12.8 Å². The summed E-state index contributed by atoms with van der Waals surface area (Å²) in [5.41, 5.74) is 0.680. The van der Waals surface area contributed by atoms with E-state index < -0.39 is 0 Å². The predicted octanol–water partition coefficient (Wildman–Crippen LogP) is 4.63. The Morgan fingerprint density at radius 2 is 1.67 bits per heavy atom. The van der Waals surface area contributed by atoms with Gasteiger partial charge in [0, 0.05) is 0 Å². The third kappa shape index (κ3) is 4.31. The predicted molar refractivity (Wildman–Crippen MR) is 66.9 cm³/mol. The second-order valence-electron chi connectivity index (χ2n) is 6.07. The molecule has 0 heterocycles. The minimum Gasteiger partial charge on any atom is -0.151 e. The molecule has 2 nitrogen and oxygen atoms in total. The van der Waals surface area contributed by atoms with E-state index in [2.05, 4.69) is 46.7 Å². The van der Waals surface area contributed by atoms with Crippen molar-refractivity contribution in [1.82, 2.24) is 0 Å². The number of hydrogen-bond donors (Lipinski definition) is 0. The zero-order valence-electron chi connectivity index (χ0n) is 11.3. The lowest BCUT2D eigenvalue weighted by Gasteiger charge is -2.43. The first-order valence-electron chi connectivity index (χ1n) is 6.06. The van der Waals surface area contributed by atoms with Crippen molar-refractivity contribution < 1.29 is 0 Å². The first kappa shape index (κ1) is 14.6. The van der Waals surface area contributed by atoms with Crippen LogP contribution in [0.1, 0.15) is 60.8 Å². The Morgan fingerprint density at radius 1 is 1.13 bits per heavy atom. The van der Waals surface area contributed by atoms with Gasteiger partial charge in [0.25, 0.3) is 0 Å². The summed E-state index contributed by atoms with van der Waals surface area (Å²) in [5.74, 6) is 0.587. The molecule has 0 spiro atoms. The lowest BCUT2D eigenvalue weighted by Crippen LogP contribution is -2.33. The number of hydrogen-bond acceptors (Lipinski definition) is 2. The molecule has 0 aromatic rings. The molecule has 0 aliphatic carbocycles. The molecule has 0 rings (SSSR count). The Hall–Kier alpha value is -0.400. The van der Waals surface area contributed by atoms with Gasteiger partial charge in [0.2, 0.25) is 0 Å². The molecule has 0 saturated carbocycles. The molecule has 0 aromatic heterocycles. The van der Waals surface area contributed by atoms with Crippen LogP contribution in [0.5, 0.6) is 0 Å². The number of nitrogens with zero attached hydrogens (tertiary/aromatic N) is 1. The van der Waals surface area contributed by atoms with Gasteiger partial charge in [0.05, 0.1) is 6.54 Å². The van der Waals surface area contributed by atoms with Gasteiger partial charge in [-0.2, -0.15) is 4.91 Å². The van der Waals surface area contributed by atoms with E-state index in [0.717, 1.165) is 6.42 Å². The molecule has 0 bridgehead atoms. The van der Waals surface area contributed by atoms with Crippen LogP contribution in [0, 0.1) is 21.7 Å². The summed E-state index contributed by atoms with van der Waals surface area (Å²) in [6.45, 7) is 14.3. The summed E-state index contributed by atoms with van der Waals surface area (Å²) in [6.07, 6.45) is 3.29. The van der Waals surface area contributed by atoms with Crippen LogP contribution in [-0.2, 0) is 0 Å². The Labute approximate surface area is 94.8 Å². The summed E-state index contributed by atoms with van der Waals surface area (Å²) in [5, 5.41) is 2.94. The molecule has 0 radical (unpaired) electrons. The van der Waals surface area contributed by atoms with Crippen molar-refractivity contribution in [3.8, 4) is 0 Å². The SMILES string of the molecule is CCC(C)(C)C(C)(C)CC(C)CCN=O. The van der Waals surface area contributed by atoms with Crippen molar-refractivity contribution in [2.45, 2.75) is 60.8 Å². The highest BCUT2D eigenvalue weighted by molar-refractivity contribution is 4.86. The molecule has 0 fully saturated rings. The maximum absolute atomic E-state index is 10.1. The molecule has 0 aromatic carbocycles. The molecule has 0 saturated heterocycles. The van der Waals surface area contributed by atoms with Crippen molar-refractivity contribution in [1.29, 1.82) is 0 Å². The third-order valence-electron chi connectivity index (χ3n) is 4.29. The maximum Gasteiger partial charge on any atom is 0.0813 e. The van der Waals surface area contributed by atoms with E-state index in [1.807, 2.05) is 0 Å². The van der Waals surface area contributed by atoms with Crippen LogP contribution in [0.4, 0.5) is 0 Å². The fraction of sp³-hybridized carbons (Fsp3) is 1.00. The fourth-order valence-electron chi connectivity index (χ4n) is 2.00. The molecule has 1 unspecified atom stereocenters. The van der Waals surface area contributed by atoms with Crippen LogP contribution in [0.3, 0.4) is 0 Å². The van der Waals surface area contributed by atoms with Crippen LogP contribution in [0.25, 0.3) is 0 Å². The van der Waals surface area contributed by atoms with Crippen molar-refractivity contribution in [3.05, 3.63) is 4.91 Å². The van der Waals surface area contributed by atoms with Gasteiger partial charge in [-0.25, -0.2) is 0 Å². The third-order valence-corrected chi connectivity index (χ3v) is 4.29. The van der Waals surface area contributed by atoms with E-state index >= 15 is 0 Å². The van der Waals surface area contributed by atoms with E-state index in [0.29, 0.717) is 23.3 Å². The molecule has 0 aliphatic heterocycles. The number of nitroso groups, excluding NO2 is 1. The van der Waals surface area contributed by atoms with E-state index in [-0.39, 0.29) is 0 Å². The van der Waals surface area contributed by atoms with E-state index in [4.69, 9.17) is 0 Å². The second-order valence-corrected chi connectivity index (χ2v) is 6.07. The van der Waals surface area contributed by atoms with Crippen molar-refractivity contribution in [3.63, 3.8) is 0 Å². The van der Waals surface area contributed by atoms with Crippen molar-refractivity contribution in [2.24, 2.45) is 21.9 Å². The summed E-state index contributed by atoms with van der Waals surface area (Å²) in [7, 11) is 0. The first-order chi connectivity index (χ1) is 6.77. The average Bonchev–Trinajstić information content (AvgIpc) is 2.13. The summed E-state index contributed by atoms with van der Waals surface area (Å²) < 4.78 is 0. The van der Waals surface area contributed by atoms with Gasteiger partial charge in [0.1, 0.15) is 0 Å². The van der Waals surface area contributed by atoms with Gasteiger partial charge in [-0.3, -0.25) is 0 Å². The van der Waals surface area contributed by atoms with Gasteiger partial charge in [-0.1, -0.05) is 53.1 Å². The normalized spacial score (nSPS) is 15.1. The molecule has 0 amide bonds. The molecule has 0 aliphatic rings. The average molecular weight is 213 g/mol. The quantitative estimate of drug-likeness (QED) is 0.567. The largest absolute Gasteiger partial charge is 0.151 e. The molecule has 2 heteroatoms. The summed E-state index contributed by atoms with van der Waals surface area (Å²) >= 11 is 0. The highest BCUT2D eigenvalue weighted by Crippen LogP contribution is 2.45. The highest BCUT2D eigenvalue weighted by atomic mass is 16.3. The second kappa shape index (κ2) is 5.62. The Morgan fingerprint density at radius 3 is 2.07 bits per heavy atom. The molecule has 0 N–H and O–H groups in total. The first-order valence-corrected chi connectivity index (χ1v) is 6.06. The topological polar surface area (TPSA) is 29.4 Å². The molecule has 1 atom stereocenters. The van der Waals surface area contributed by atoms with Gasteiger partial charge in [-0.15, -0.1) is 0 Å². The highest BCUT2D eigenvalue weighted by Gasteiger charge is 2.36. The molecule has 15 heavy (non-hydrogen) atoms. The standard InChI is InChI=1S/C13H27NO/c1-7-12(3,4)13(5,6)10-11(2)8-9-14-15/h11H,7-10H2,1-6H3. The lowest BCUT2D eigenvalue weighted by molar-refractivity contribution is 0.0748. The van der Waals surface area contributed by atoms with E-state index in [9.17, 15) is 4.91 Å². The van der Waals surface area contributed by atoms with Gasteiger partial charge < -0.3 is 0 Å². The van der Waals surface area contributed by atoms with E-state index in [1.54, 1.807) is 0 Å². The van der Waals surface area contributed by atoms with Crippen molar-refractivity contribution in [2.75, 3.05) is 6.54 Å². The Kier molecular flexibility index (Phi) is 5.47.